The molecule has 0 amide bonds. The molecule has 0 bridgehead atoms. The van der Waals surface area contributed by atoms with E-state index < -0.39 is 0 Å². The summed E-state index contributed by atoms with van der Waals surface area (Å²) < 4.78 is 5.42. The third-order valence-corrected chi connectivity index (χ3v) is 5.08. The van der Waals surface area contributed by atoms with Crippen molar-refractivity contribution >= 4 is 33.3 Å². The normalized spacial score (nSPS) is 11.3. The Hall–Kier alpha value is -4.00. The van der Waals surface area contributed by atoms with E-state index in [1.807, 2.05) is 61.6 Å². The van der Waals surface area contributed by atoms with E-state index in [1.165, 1.54) is 0 Å². The highest BCUT2D eigenvalue weighted by atomic mass is 16.3. The van der Waals surface area contributed by atoms with Gasteiger partial charge in [0.05, 0.1) is 35.0 Å². The number of nitrogens with two attached hydrogens (primary N) is 1. The fraction of sp³-hybridized carbons (Fsp3) is 0.0909. The Morgan fingerprint density at radius 1 is 1.07 bits per heavy atom. The van der Waals surface area contributed by atoms with Crippen LogP contribution in [0.2, 0.25) is 0 Å². The maximum Gasteiger partial charge on any atom is 0.261 e. The van der Waals surface area contributed by atoms with Crippen molar-refractivity contribution in [2.24, 2.45) is 0 Å². The number of para-hydroxylation sites is 1. The van der Waals surface area contributed by atoms with Crippen LogP contribution in [0.15, 0.2) is 70.1 Å². The maximum absolute atomic E-state index is 12.7. The molecule has 4 N–H and O–H groups in total. The number of aromatic amines is 2. The number of hydrogen-bond donors (Lipinski definition) is 3. The van der Waals surface area contributed by atoms with Gasteiger partial charge in [-0.1, -0.05) is 18.2 Å². The van der Waals surface area contributed by atoms with Gasteiger partial charge in [0.2, 0.25) is 0 Å². The van der Waals surface area contributed by atoms with Gasteiger partial charge in [-0.05, 0) is 36.4 Å². The minimum absolute atomic E-state index is 0.268. The number of nitrogens with one attached hydrogen (secondary N) is 2. The van der Waals surface area contributed by atoms with Crippen LogP contribution in [0.4, 0.5) is 11.4 Å². The summed E-state index contributed by atoms with van der Waals surface area (Å²) in [5, 5.41) is 0.793. The van der Waals surface area contributed by atoms with Gasteiger partial charge in [-0.3, -0.25) is 4.79 Å². The van der Waals surface area contributed by atoms with Crippen molar-refractivity contribution in [3.8, 4) is 11.4 Å². The molecule has 7 heteroatoms. The largest absolute Gasteiger partial charge is 0.467 e. The number of anilines is 2. The zero-order chi connectivity index (χ0) is 20.0. The molecule has 2 aromatic carbocycles. The molecule has 3 heterocycles. The second kappa shape index (κ2) is 6.56. The zero-order valence-electron chi connectivity index (χ0n) is 15.8. The van der Waals surface area contributed by atoms with Crippen LogP contribution in [-0.4, -0.2) is 22.0 Å². The molecule has 0 spiro atoms. The van der Waals surface area contributed by atoms with Crippen LogP contribution in [-0.2, 0) is 6.54 Å². The molecule has 0 unspecified atom stereocenters. The highest BCUT2D eigenvalue weighted by molar-refractivity contribution is 5.97. The molecule has 5 aromatic rings. The third kappa shape index (κ3) is 2.93. The number of hydrogen-bond acceptors (Lipinski definition) is 5. The van der Waals surface area contributed by atoms with E-state index in [9.17, 15) is 4.79 Å². The molecule has 0 fully saturated rings. The Bertz CT molecular complexity index is 1380. The maximum atomic E-state index is 12.7. The molecule has 0 saturated heterocycles. The Labute approximate surface area is 165 Å². The van der Waals surface area contributed by atoms with Gasteiger partial charge in [-0.25, -0.2) is 4.98 Å². The van der Waals surface area contributed by atoms with Gasteiger partial charge < -0.3 is 25.0 Å². The molecule has 0 radical (unpaired) electrons. The van der Waals surface area contributed by atoms with Gasteiger partial charge in [-0.2, -0.15) is 0 Å². The van der Waals surface area contributed by atoms with Crippen molar-refractivity contribution in [3.05, 3.63) is 77.0 Å². The lowest BCUT2D eigenvalue weighted by molar-refractivity contribution is 0.507. The van der Waals surface area contributed by atoms with Crippen LogP contribution < -0.4 is 16.2 Å². The zero-order valence-corrected chi connectivity index (χ0v) is 15.8. The molecular formula is C22H19N5O2. The van der Waals surface area contributed by atoms with Gasteiger partial charge in [0.15, 0.2) is 0 Å². The molecule has 3 aromatic heterocycles. The first-order valence-electron chi connectivity index (χ1n) is 9.24. The standard InChI is InChI=1S/C22H19N5O2/c1-27(12-14-5-4-10-29-14)13-8-9-17-18(11-13)25-21(24-17)19-20(23)15-6-2-3-7-16(15)26-22(19)28/h2-11H,12H2,1H3,(H,24,25)(H3,23,26,28). The summed E-state index contributed by atoms with van der Waals surface area (Å²) in [7, 11) is 1.99. The quantitative estimate of drug-likeness (QED) is 0.435. The predicted molar refractivity (Wildman–Crippen MR) is 115 cm³/mol. The smallest absolute Gasteiger partial charge is 0.261 e. The van der Waals surface area contributed by atoms with Gasteiger partial charge in [0, 0.05) is 18.1 Å². The molecule has 144 valence electrons. The van der Waals surface area contributed by atoms with Gasteiger partial charge in [-0.15, -0.1) is 0 Å². The summed E-state index contributed by atoms with van der Waals surface area (Å²) in [6.45, 7) is 0.650. The van der Waals surface area contributed by atoms with Crippen LogP contribution in [0.5, 0.6) is 0 Å². The van der Waals surface area contributed by atoms with Gasteiger partial charge >= 0.3 is 0 Å². The number of nitrogens with zero attached hydrogens (tertiary/aromatic N) is 2. The summed E-state index contributed by atoms with van der Waals surface area (Å²) in [5.41, 5.74) is 10.1. The lowest BCUT2D eigenvalue weighted by Gasteiger charge is -2.17. The van der Waals surface area contributed by atoms with Crippen LogP contribution in [0.3, 0.4) is 0 Å². The molecule has 0 aliphatic rings. The van der Waals surface area contributed by atoms with Crippen molar-refractivity contribution in [1.82, 2.24) is 15.0 Å². The number of rotatable bonds is 4. The first kappa shape index (κ1) is 17.1. The summed E-state index contributed by atoms with van der Waals surface area (Å²) >= 11 is 0. The summed E-state index contributed by atoms with van der Waals surface area (Å²) in [6, 6.07) is 17.2. The van der Waals surface area contributed by atoms with Crippen LogP contribution in [0.25, 0.3) is 33.3 Å². The molecule has 0 atom stereocenters. The average Bonchev–Trinajstić information content (AvgIpc) is 3.36. The topological polar surface area (TPSA) is 104 Å². The van der Waals surface area contributed by atoms with E-state index in [1.54, 1.807) is 6.26 Å². The molecule has 7 nitrogen and oxygen atoms in total. The summed E-state index contributed by atoms with van der Waals surface area (Å²) in [5.74, 6) is 1.34. The van der Waals surface area contributed by atoms with E-state index in [2.05, 4.69) is 19.9 Å². The lowest BCUT2D eigenvalue weighted by Crippen LogP contribution is -2.15. The van der Waals surface area contributed by atoms with Gasteiger partial charge in [0.25, 0.3) is 5.56 Å². The minimum Gasteiger partial charge on any atom is -0.467 e. The molecule has 29 heavy (non-hydrogen) atoms. The number of fused-ring (bicyclic) bond motifs is 2. The Morgan fingerprint density at radius 2 is 1.93 bits per heavy atom. The summed E-state index contributed by atoms with van der Waals surface area (Å²) in [6.07, 6.45) is 1.67. The van der Waals surface area contributed by atoms with Crippen LogP contribution in [0.1, 0.15) is 5.76 Å². The average molecular weight is 385 g/mol. The Balaban J connectivity index is 1.57. The van der Waals surface area contributed by atoms with E-state index >= 15 is 0 Å². The van der Waals surface area contributed by atoms with E-state index in [4.69, 9.17) is 10.2 Å². The Kier molecular flexibility index (Phi) is 3.87. The first-order valence-corrected chi connectivity index (χ1v) is 9.24. The number of pyridine rings is 1. The van der Waals surface area contributed by atoms with Gasteiger partial charge in [0.1, 0.15) is 17.1 Å². The number of H-pyrrole nitrogens is 2. The first-order chi connectivity index (χ1) is 14.1. The number of imidazole rings is 1. The Morgan fingerprint density at radius 3 is 2.76 bits per heavy atom. The number of aromatic nitrogens is 3. The van der Waals surface area contributed by atoms with Crippen molar-refractivity contribution in [2.45, 2.75) is 6.54 Å². The summed E-state index contributed by atoms with van der Waals surface area (Å²) in [4.78, 5) is 25.5. The second-order valence-electron chi connectivity index (χ2n) is 7.01. The molecule has 5 rings (SSSR count). The monoisotopic (exact) mass is 385 g/mol. The van der Waals surface area contributed by atoms with E-state index in [-0.39, 0.29) is 5.56 Å². The number of nitrogen functional groups attached to an aromatic ring is 1. The van der Waals surface area contributed by atoms with Crippen molar-refractivity contribution in [1.29, 1.82) is 0 Å². The minimum atomic E-state index is -0.268. The highest BCUT2D eigenvalue weighted by Gasteiger charge is 2.16. The van der Waals surface area contributed by atoms with Crippen molar-refractivity contribution in [2.75, 3.05) is 17.7 Å². The number of benzene rings is 2. The molecule has 0 aliphatic carbocycles. The van der Waals surface area contributed by atoms with Crippen LogP contribution in [0, 0.1) is 0 Å². The number of furan rings is 1. The highest BCUT2D eigenvalue weighted by Crippen LogP contribution is 2.29. The van der Waals surface area contributed by atoms with Crippen LogP contribution >= 0.6 is 0 Å². The second-order valence-corrected chi connectivity index (χ2v) is 7.01. The SMILES string of the molecule is CN(Cc1ccco1)c1ccc2nc(-c3c(N)c4ccccc4[nH]c3=O)[nH]c2c1. The fourth-order valence-electron chi connectivity index (χ4n) is 3.58. The van der Waals surface area contributed by atoms with Crippen molar-refractivity contribution in [3.63, 3.8) is 0 Å². The predicted octanol–water partition coefficient (Wildman–Crippen LogP) is 3.88. The third-order valence-electron chi connectivity index (χ3n) is 5.08. The van der Waals surface area contributed by atoms with E-state index in [0.29, 0.717) is 29.1 Å². The fourth-order valence-corrected chi connectivity index (χ4v) is 3.58. The molecular weight excluding hydrogens is 366 g/mol. The van der Waals surface area contributed by atoms with Crippen molar-refractivity contribution < 1.29 is 4.42 Å². The molecule has 0 aliphatic heterocycles. The lowest BCUT2D eigenvalue weighted by atomic mass is 10.1. The molecule has 0 saturated carbocycles. The van der Waals surface area contributed by atoms with E-state index in [0.717, 1.165) is 27.9 Å².